The topological polar surface area (TPSA) is 64.4 Å². The van der Waals surface area contributed by atoms with Gasteiger partial charge in [-0.25, -0.2) is 4.99 Å². The van der Waals surface area contributed by atoms with E-state index in [4.69, 9.17) is 11.5 Å². The summed E-state index contributed by atoms with van der Waals surface area (Å²) in [4.78, 5) is 3.64. The van der Waals surface area contributed by atoms with E-state index in [9.17, 15) is 13.2 Å². The number of guanidine groups is 1. The molecular formula is C9H10BrClF3N3. The monoisotopic (exact) mass is 331 g/mol. The van der Waals surface area contributed by atoms with Crippen molar-refractivity contribution in [2.24, 2.45) is 16.5 Å². The van der Waals surface area contributed by atoms with Gasteiger partial charge in [0.25, 0.3) is 0 Å². The Morgan fingerprint density at radius 2 is 1.82 bits per heavy atom. The predicted octanol–water partition coefficient (Wildman–Crippen LogP) is 2.66. The number of rotatable bonds is 2. The van der Waals surface area contributed by atoms with Crippen molar-refractivity contribution in [1.29, 1.82) is 0 Å². The largest absolute Gasteiger partial charge is 0.416 e. The quantitative estimate of drug-likeness (QED) is 0.646. The summed E-state index contributed by atoms with van der Waals surface area (Å²) in [5.41, 5.74) is 9.84. The standard InChI is InChI=1S/C9H9BrF3N3.ClH/c10-7-2-5(4-16-8(14)15)1-6(3-7)9(11,12)13;/h1-3H,4H2,(H4,14,15,16);1H. The fraction of sp³-hybridized carbons (Fsp3) is 0.222. The normalized spacial score (nSPS) is 10.6. The van der Waals surface area contributed by atoms with Gasteiger partial charge in [-0.15, -0.1) is 12.4 Å². The predicted molar refractivity (Wildman–Crippen MR) is 65.9 cm³/mol. The molecule has 1 aromatic rings. The molecule has 0 fully saturated rings. The van der Waals surface area contributed by atoms with Gasteiger partial charge in [-0.1, -0.05) is 15.9 Å². The van der Waals surface area contributed by atoms with E-state index in [-0.39, 0.29) is 24.9 Å². The lowest BCUT2D eigenvalue weighted by atomic mass is 10.1. The molecule has 3 nitrogen and oxygen atoms in total. The van der Waals surface area contributed by atoms with Crippen LogP contribution in [0.5, 0.6) is 0 Å². The lowest BCUT2D eigenvalue weighted by Gasteiger charge is -2.08. The lowest BCUT2D eigenvalue weighted by molar-refractivity contribution is -0.137. The first kappa shape index (κ1) is 16.1. The van der Waals surface area contributed by atoms with E-state index in [0.29, 0.717) is 10.0 Å². The Labute approximate surface area is 111 Å². The summed E-state index contributed by atoms with van der Waals surface area (Å²) in [7, 11) is 0. The highest BCUT2D eigenvalue weighted by molar-refractivity contribution is 9.10. The van der Waals surface area contributed by atoms with Gasteiger partial charge in [-0.3, -0.25) is 0 Å². The maximum Gasteiger partial charge on any atom is 0.416 e. The molecule has 0 heterocycles. The third-order valence-electron chi connectivity index (χ3n) is 1.73. The maximum atomic E-state index is 12.4. The average molecular weight is 333 g/mol. The molecule has 0 aromatic heterocycles. The Balaban J connectivity index is 0.00000256. The van der Waals surface area contributed by atoms with Crippen LogP contribution in [0.1, 0.15) is 11.1 Å². The molecule has 0 aliphatic rings. The number of aliphatic imine (C=N–C) groups is 1. The number of benzene rings is 1. The second kappa shape index (κ2) is 6.11. The Morgan fingerprint density at radius 1 is 1.24 bits per heavy atom. The Bertz CT molecular complexity index is 416. The van der Waals surface area contributed by atoms with Gasteiger partial charge < -0.3 is 11.5 Å². The van der Waals surface area contributed by atoms with Crippen LogP contribution in [0.15, 0.2) is 27.7 Å². The maximum absolute atomic E-state index is 12.4. The molecule has 0 unspecified atom stereocenters. The smallest absolute Gasteiger partial charge is 0.370 e. The van der Waals surface area contributed by atoms with Crippen molar-refractivity contribution in [2.75, 3.05) is 0 Å². The van der Waals surface area contributed by atoms with Crippen molar-refractivity contribution in [1.82, 2.24) is 0 Å². The molecule has 0 aliphatic heterocycles. The van der Waals surface area contributed by atoms with Gasteiger partial charge in [-0.05, 0) is 23.8 Å². The van der Waals surface area contributed by atoms with Gasteiger partial charge in [0.2, 0.25) is 0 Å². The van der Waals surface area contributed by atoms with E-state index in [1.54, 1.807) is 0 Å². The minimum Gasteiger partial charge on any atom is -0.370 e. The van der Waals surface area contributed by atoms with Crippen LogP contribution in [0, 0.1) is 0 Å². The van der Waals surface area contributed by atoms with E-state index in [2.05, 4.69) is 20.9 Å². The molecule has 96 valence electrons. The van der Waals surface area contributed by atoms with Crippen molar-refractivity contribution in [2.45, 2.75) is 12.7 Å². The second-order valence-corrected chi connectivity index (χ2v) is 4.00. The first-order valence-electron chi connectivity index (χ1n) is 4.21. The number of halogens is 5. The zero-order chi connectivity index (χ0) is 12.3. The SMILES string of the molecule is Cl.NC(N)=NCc1cc(Br)cc(C(F)(F)F)c1. The third kappa shape index (κ3) is 5.27. The fourth-order valence-electron chi connectivity index (χ4n) is 1.09. The molecule has 0 saturated carbocycles. The number of alkyl halides is 3. The molecule has 0 spiro atoms. The molecule has 0 aliphatic carbocycles. The average Bonchev–Trinajstić information content (AvgIpc) is 2.12. The second-order valence-electron chi connectivity index (χ2n) is 3.09. The molecule has 1 rings (SSSR count). The van der Waals surface area contributed by atoms with Crippen LogP contribution in [-0.4, -0.2) is 5.96 Å². The highest BCUT2D eigenvalue weighted by Crippen LogP contribution is 2.32. The summed E-state index contributed by atoms with van der Waals surface area (Å²) < 4.78 is 37.7. The summed E-state index contributed by atoms with van der Waals surface area (Å²) in [5, 5.41) is 0. The molecule has 4 N–H and O–H groups in total. The van der Waals surface area contributed by atoms with Crippen molar-refractivity contribution in [3.05, 3.63) is 33.8 Å². The molecule has 8 heteroatoms. The lowest BCUT2D eigenvalue weighted by Crippen LogP contribution is -2.22. The Kier molecular flexibility index (Phi) is 5.77. The molecule has 0 saturated heterocycles. The summed E-state index contributed by atoms with van der Waals surface area (Å²) in [6.07, 6.45) is -4.38. The van der Waals surface area contributed by atoms with Crippen LogP contribution in [0.2, 0.25) is 0 Å². The van der Waals surface area contributed by atoms with Crippen molar-refractivity contribution >= 4 is 34.3 Å². The molecule has 17 heavy (non-hydrogen) atoms. The van der Waals surface area contributed by atoms with Gasteiger partial charge in [0.15, 0.2) is 5.96 Å². The van der Waals surface area contributed by atoms with Gasteiger partial charge in [0.1, 0.15) is 0 Å². The van der Waals surface area contributed by atoms with E-state index in [1.165, 1.54) is 6.07 Å². The summed E-state index contributed by atoms with van der Waals surface area (Å²) >= 11 is 3.00. The summed E-state index contributed by atoms with van der Waals surface area (Å²) in [6, 6.07) is 3.54. The molecular weight excluding hydrogens is 322 g/mol. The molecule has 0 atom stereocenters. The van der Waals surface area contributed by atoms with Gasteiger partial charge in [0.05, 0.1) is 12.1 Å². The van der Waals surface area contributed by atoms with Crippen LogP contribution in [0.25, 0.3) is 0 Å². The van der Waals surface area contributed by atoms with Crippen LogP contribution < -0.4 is 11.5 Å². The van der Waals surface area contributed by atoms with Crippen LogP contribution in [-0.2, 0) is 12.7 Å². The number of nitrogens with zero attached hydrogens (tertiary/aromatic N) is 1. The Morgan fingerprint density at radius 3 is 2.29 bits per heavy atom. The van der Waals surface area contributed by atoms with Crippen molar-refractivity contribution in [3.8, 4) is 0 Å². The van der Waals surface area contributed by atoms with E-state index in [1.807, 2.05) is 0 Å². The molecule has 0 bridgehead atoms. The third-order valence-corrected chi connectivity index (χ3v) is 2.19. The molecule has 1 aromatic carbocycles. The zero-order valence-electron chi connectivity index (χ0n) is 8.46. The minimum absolute atomic E-state index is 0. The first-order valence-corrected chi connectivity index (χ1v) is 5.00. The minimum atomic E-state index is -4.38. The summed E-state index contributed by atoms with van der Waals surface area (Å²) in [5.74, 6) is -0.159. The van der Waals surface area contributed by atoms with Crippen molar-refractivity contribution < 1.29 is 13.2 Å². The number of hydrogen-bond donors (Lipinski definition) is 2. The zero-order valence-corrected chi connectivity index (χ0v) is 10.9. The first-order chi connectivity index (χ1) is 7.29. The highest BCUT2D eigenvalue weighted by atomic mass is 79.9. The van der Waals surface area contributed by atoms with E-state index >= 15 is 0 Å². The van der Waals surface area contributed by atoms with Crippen molar-refractivity contribution in [3.63, 3.8) is 0 Å². The van der Waals surface area contributed by atoms with Gasteiger partial charge >= 0.3 is 6.18 Å². The van der Waals surface area contributed by atoms with E-state index < -0.39 is 11.7 Å². The van der Waals surface area contributed by atoms with E-state index in [0.717, 1.165) is 12.1 Å². The van der Waals surface area contributed by atoms with Crippen LogP contribution in [0.3, 0.4) is 0 Å². The highest BCUT2D eigenvalue weighted by Gasteiger charge is 2.30. The van der Waals surface area contributed by atoms with Crippen LogP contribution in [0.4, 0.5) is 13.2 Å². The molecule has 0 radical (unpaired) electrons. The molecule has 0 amide bonds. The number of hydrogen-bond acceptors (Lipinski definition) is 1. The fourth-order valence-corrected chi connectivity index (χ4v) is 1.63. The number of nitrogens with two attached hydrogens (primary N) is 2. The van der Waals surface area contributed by atoms with Gasteiger partial charge in [0, 0.05) is 4.47 Å². The van der Waals surface area contributed by atoms with Gasteiger partial charge in [-0.2, -0.15) is 13.2 Å². The Hall–Kier alpha value is -0.950. The summed E-state index contributed by atoms with van der Waals surface area (Å²) in [6.45, 7) is 0.0187. The van der Waals surface area contributed by atoms with Crippen LogP contribution >= 0.6 is 28.3 Å².